The molecule has 2 aromatic rings. The molecule has 2 aromatic carbocycles. The molecule has 3 nitrogen and oxygen atoms in total. The molecule has 0 bridgehead atoms. The van der Waals surface area contributed by atoms with E-state index in [1.807, 2.05) is 37.6 Å². The molecule has 0 saturated carbocycles. The molecule has 24 heavy (non-hydrogen) atoms. The Bertz CT molecular complexity index is 640. The molecule has 1 heterocycles. The molecule has 126 valence electrons. The molecule has 0 N–H and O–H groups in total. The maximum atomic E-state index is 5.71. The third kappa shape index (κ3) is 4.09. The highest BCUT2D eigenvalue weighted by atomic mass is 16.6. The molecule has 0 aliphatic carbocycles. The van der Waals surface area contributed by atoms with Crippen LogP contribution in [0.2, 0.25) is 0 Å². The summed E-state index contributed by atoms with van der Waals surface area (Å²) in [6, 6.07) is 16.6. The van der Waals surface area contributed by atoms with E-state index in [9.17, 15) is 0 Å². The number of ether oxygens (including phenoxy) is 3. The van der Waals surface area contributed by atoms with Crippen LogP contribution in [0.25, 0.3) is 0 Å². The Morgan fingerprint density at radius 2 is 1.54 bits per heavy atom. The topological polar surface area (TPSA) is 31.0 Å². The van der Waals surface area contributed by atoms with Crippen LogP contribution in [0.15, 0.2) is 48.5 Å². The van der Waals surface area contributed by atoms with Crippen LogP contribution in [-0.2, 0) is 10.2 Å². The Labute approximate surface area is 144 Å². The summed E-state index contributed by atoms with van der Waals surface area (Å²) in [5.74, 6) is 1.74. The molecule has 0 spiro atoms. The van der Waals surface area contributed by atoms with E-state index in [0.717, 1.165) is 18.1 Å². The van der Waals surface area contributed by atoms with Gasteiger partial charge >= 0.3 is 0 Å². The molecular weight excluding hydrogens is 300 g/mol. The second-order valence-corrected chi connectivity index (χ2v) is 6.53. The van der Waals surface area contributed by atoms with Crippen molar-refractivity contribution in [2.45, 2.75) is 32.3 Å². The lowest BCUT2D eigenvalue weighted by molar-refractivity contribution is 0.263. The number of rotatable bonds is 8. The molecular formula is C21H24O3. The first-order valence-electron chi connectivity index (χ1n) is 8.33. The third-order valence-electron chi connectivity index (χ3n) is 4.33. The van der Waals surface area contributed by atoms with E-state index < -0.39 is 0 Å². The maximum Gasteiger partial charge on any atom is 0.139 e. The van der Waals surface area contributed by atoms with Crippen LogP contribution in [-0.4, -0.2) is 19.3 Å². The Balaban J connectivity index is 1.68. The van der Waals surface area contributed by atoms with E-state index in [-0.39, 0.29) is 11.5 Å². The summed E-state index contributed by atoms with van der Waals surface area (Å²) >= 11 is 0. The average Bonchev–Trinajstić information content (AvgIpc) is 3.43. The molecule has 1 saturated heterocycles. The van der Waals surface area contributed by atoms with Crippen LogP contribution in [0.4, 0.5) is 0 Å². The van der Waals surface area contributed by atoms with Gasteiger partial charge in [-0.2, -0.15) is 0 Å². The third-order valence-corrected chi connectivity index (χ3v) is 4.33. The Morgan fingerprint density at radius 1 is 1.00 bits per heavy atom. The summed E-state index contributed by atoms with van der Waals surface area (Å²) in [7, 11) is 0. The molecule has 0 aromatic heterocycles. The van der Waals surface area contributed by atoms with Crippen molar-refractivity contribution >= 4 is 0 Å². The molecule has 1 atom stereocenters. The van der Waals surface area contributed by atoms with Gasteiger partial charge in [-0.05, 0) is 35.4 Å². The van der Waals surface area contributed by atoms with Gasteiger partial charge in [0.05, 0.1) is 6.61 Å². The van der Waals surface area contributed by atoms with Crippen molar-refractivity contribution in [2.75, 3.05) is 13.2 Å². The zero-order valence-electron chi connectivity index (χ0n) is 14.5. The minimum absolute atomic E-state index is 0.0861. The standard InChI is InChI=1S/C21H24O3/c1-4-13-22-18-9-5-16(6-10-18)21(2,3)17-7-11-19(12-8-17)23-14-20-15-24-20/h4-13,20H,14-15H2,1-3H3/t20-/m0/s1. The second-order valence-electron chi connectivity index (χ2n) is 6.53. The van der Waals surface area contributed by atoms with Crippen LogP contribution in [0.5, 0.6) is 11.5 Å². The number of hydrogen-bond donors (Lipinski definition) is 0. The van der Waals surface area contributed by atoms with Crippen molar-refractivity contribution < 1.29 is 14.2 Å². The van der Waals surface area contributed by atoms with Crippen LogP contribution in [0.3, 0.4) is 0 Å². The molecule has 0 amide bonds. The van der Waals surface area contributed by atoms with Crippen molar-refractivity contribution in [3.8, 4) is 11.5 Å². The van der Waals surface area contributed by atoms with E-state index >= 15 is 0 Å². The van der Waals surface area contributed by atoms with E-state index in [1.165, 1.54) is 11.1 Å². The van der Waals surface area contributed by atoms with Crippen molar-refractivity contribution in [1.29, 1.82) is 0 Å². The van der Waals surface area contributed by atoms with Gasteiger partial charge < -0.3 is 14.2 Å². The number of hydrogen-bond acceptors (Lipinski definition) is 3. The minimum atomic E-state index is -0.0861. The molecule has 1 fully saturated rings. The summed E-state index contributed by atoms with van der Waals surface area (Å²) in [6.45, 7) is 9.52. The van der Waals surface area contributed by atoms with E-state index in [1.54, 1.807) is 6.61 Å². The summed E-state index contributed by atoms with van der Waals surface area (Å²) < 4.78 is 16.4. The highest BCUT2D eigenvalue weighted by Gasteiger charge is 2.24. The monoisotopic (exact) mass is 324 g/mol. The van der Waals surface area contributed by atoms with Gasteiger partial charge in [-0.15, -0.1) is 0 Å². The maximum absolute atomic E-state index is 5.71. The quantitative estimate of drug-likeness (QED) is 0.667. The lowest BCUT2D eigenvalue weighted by Gasteiger charge is -2.26. The summed E-state index contributed by atoms with van der Waals surface area (Å²) in [4.78, 5) is 0. The molecule has 1 aliphatic rings. The van der Waals surface area contributed by atoms with Gasteiger partial charge in [-0.25, -0.2) is 0 Å². The van der Waals surface area contributed by atoms with Gasteiger partial charge in [0.1, 0.15) is 30.8 Å². The first-order valence-corrected chi connectivity index (χ1v) is 8.33. The molecule has 1 aliphatic heterocycles. The van der Waals surface area contributed by atoms with Gasteiger partial charge in [-0.1, -0.05) is 45.0 Å². The van der Waals surface area contributed by atoms with Crippen LogP contribution < -0.4 is 9.47 Å². The predicted octanol–water partition coefficient (Wildman–Crippen LogP) is 4.55. The van der Waals surface area contributed by atoms with Crippen molar-refractivity contribution in [1.82, 2.24) is 0 Å². The largest absolute Gasteiger partial charge is 0.491 e. The number of benzene rings is 2. The fourth-order valence-corrected chi connectivity index (χ4v) is 2.58. The van der Waals surface area contributed by atoms with Gasteiger partial charge in [0.25, 0.3) is 0 Å². The van der Waals surface area contributed by atoms with E-state index in [4.69, 9.17) is 14.2 Å². The highest BCUT2D eigenvalue weighted by Crippen LogP contribution is 2.33. The molecule has 3 rings (SSSR count). The Kier molecular flexibility index (Phi) is 5.10. The lowest BCUT2D eigenvalue weighted by Crippen LogP contribution is -2.18. The Morgan fingerprint density at radius 3 is 2.04 bits per heavy atom. The second kappa shape index (κ2) is 7.27. The zero-order valence-corrected chi connectivity index (χ0v) is 14.5. The van der Waals surface area contributed by atoms with Gasteiger partial charge in [-0.3, -0.25) is 0 Å². The van der Waals surface area contributed by atoms with Crippen LogP contribution in [0.1, 0.15) is 31.9 Å². The molecule has 2 radical (unpaired) electrons. The normalized spacial score (nSPS) is 16.7. The number of epoxide rings is 1. The summed E-state index contributed by atoms with van der Waals surface area (Å²) in [5, 5.41) is 0. The summed E-state index contributed by atoms with van der Waals surface area (Å²) in [6.07, 6.45) is 2.15. The van der Waals surface area contributed by atoms with Gasteiger partial charge in [0.15, 0.2) is 0 Å². The minimum Gasteiger partial charge on any atom is -0.491 e. The van der Waals surface area contributed by atoms with E-state index in [2.05, 4.69) is 38.1 Å². The van der Waals surface area contributed by atoms with Crippen molar-refractivity contribution in [3.05, 3.63) is 72.7 Å². The highest BCUT2D eigenvalue weighted by molar-refractivity contribution is 5.41. The van der Waals surface area contributed by atoms with Crippen LogP contribution in [0, 0.1) is 13.0 Å². The van der Waals surface area contributed by atoms with E-state index in [0.29, 0.717) is 6.61 Å². The lowest BCUT2D eigenvalue weighted by atomic mass is 9.78. The van der Waals surface area contributed by atoms with Gasteiger partial charge in [0, 0.05) is 11.8 Å². The average molecular weight is 324 g/mol. The van der Waals surface area contributed by atoms with Crippen molar-refractivity contribution in [3.63, 3.8) is 0 Å². The van der Waals surface area contributed by atoms with Gasteiger partial charge in [0.2, 0.25) is 0 Å². The fourth-order valence-electron chi connectivity index (χ4n) is 2.58. The first kappa shape index (κ1) is 16.8. The SMILES string of the molecule is C[CH][CH]Oc1ccc(C(C)(C)c2ccc(OC[C@H]3CO3)cc2)cc1. The molecule has 3 heteroatoms. The Hall–Kier alpha value is -2.00. The van der Waals surface area contributed by atoms with Crippen molar-refractivity contribution in [2.24, 2.45) is 0 Å². The zero-order chi connectivity index (χ0) is 17.0. The first-order chi connectivity index (χ1) is 11.6. The predicted molar refractivity (Wildman–Crippen MR) is 95.1 cm³/mol. The molecule has 0 unspecified atom stereocenters. The fraction of sp³-hybridized carbons (Fsp3) is 0.333. The van der Waals surface area contributed by atoms with Crippen LogP contribution >= 0.6 is 0 Å². The summed E-state index contributed by atoms with van der Waals surface area (Å²) in [5.41, 5.74) is 2.41. The smallest absolute Gasteiger partial charge is 0.139 e.